The minimum atomic E-state index is -0.257. The maximum atomic E-state index is 6.06. The van der Waals surface area contributed by atoms with E-state index in [1.54, 1.807) is 0 Å². The second kappa shape index (κ2) is 6.70. The number of benzene rings is 2. The van der Waals surface area contributed by atoms with E-state index in [1.807, 2.05) is 0 Å². The van der Waals surface area contributed by atoms with Crippen LogP contribution in [0.2, 0.25) is 0 Å². The van der Waals surface area contributed by atoms with Gasteiger partial charge in [-0.3, -0.25) is 0 Å². The monoisotopic (exact) mass is 322 g/mol. The number of fused-ring (bicyclic) bond motifs is 1. The van der Waals surface area contributed by atoms with Crippen molar-refractivity contribution in [3.63, 3.8) is 0 Å². The number of ether oxygens (including phenoxy) is 1. The van der Waals surface area contributed by atoms with Gasteiger partial charge in [0.05, 0.1) is 12.2 Å². The van der Waals surface area contributed by atoms with Crippen molar-refractivity contribution in [1.29, 1.82) is 0 Å². The van der Waals surface area contributed by atoms with Crippen molar-refractivity contribution in [2.45, 2.75) is 19.4 Å². The molecule has 2 aromatic carbocycles. The molecule has 0 fully saturated rings. The molecule has 3 nitrogen and oxygen atoms in total. The van der Waals surface area contributed by atoms with Gasteiger partial charge in [-0.05, 0) is 43.7 Å². The molecule has 126 valence electrons. The topological polar surface area (TPSA) is 15.7 Å². The molecule has 0 spiro atoms. The predicted octanol–water partition coefficient (Wildman–Crippen LogP) is 4.50. The molecule has 0 aromatic heterocycles. The van der Waals surface area contributed by atoms with Gasteiger partial charge >= 0.3 is 0 Å². The maximum Gasteiger partial charge on any atom is 0.0896 e. The van der Waals surface area contributed by atoms with Gasteiger partial charge in [0.15, 0.2) is 0 Å². The number of nitrogens with zero attached hydrogens (tertiary/aromatic N) is 2. The summed E-state index contributed by atoms with van der Waals surface area (Å²) in [5.74, 6) is 0. The molecule has 0 bridgehead atoms. The number of rotatable bonds is 3. The van der Waals surface area contributed by atoms with E-state index in [0.29, 0.717) is 6.61 Å². The Morgan fingerprint density at radius 3 is 2.46 bits per heavy atom. The highest BCUT2D eigenvalue weighted by Crippen LogP contribution is 2.35. The largest absolute Gasteiger partial charge is 0.378 e. The van der Waals surface area contributed by atoms with Crippen LogP contribution in [0.1, 0.15) is 25.0 Å². The molecule has 0 saturated carbocycles. The Hall–Kier alpha value is -2.26. The van der Waals surface area contributed by atoms with Gasteiger partial charge in [0.1, 0.15) is 0 Å². The molecule has 0 atom stereocenters. The Morgan fingerprint density at radius 2 is 1.75 bits per heavy atom. The van der Waals surface area contributed by atoms with E-state index in [4.69, 9.17) is 4.74 Å². The van der Waals surface area contributed by atoms with E-state index in [9.17, 15) is 0 Å². The lowest BCUT2D eigenvalue weighted by Gasteiger charge is -2.26. The molecule has 0 amide bonds. The van der Waals surface area contributed by atoms with Gasteiger partial charge in [0, 0.05) is 43.8 Å². The summed E-state index contributed by atoms with van der Waals surface area (Å²) in [5, 5.41) is 0. The Balaban J connectivity index is 1.86. The second-order valence-electron chi connectivity index (χ2n) is 6.87. The van der Waals surface area contributed by atoms with Crippen molar-refractivity contribution in [3.05, 3.63) is 65.9 Å². The molecular formula is C21H26N2O. The van der Waals surface area contributed by atoms with E-state index < -0.39 is 0 Å². The van der Waals surface area contributed by atoms with Crippen LogP contribution in [0.3, 0.4) is 0 Å². The number of para-hydroxylation sites is 1. The normalized spacial score (nSPS) is 16.8. The van der Waals surface area contributed by atoms with Crippen molar-refractivity contribution in [2.24, 2.45) is 0 Å². The van der Waals surface area contributed by atoms with Crippen molar-refractivity contribution in [1.82, 2.24) is 0 Å². The van der Waals surface area contributed by atoms with Gasteiger partial charge in [0.2, 0.25) is 0 Å². The zero-order valence-corrected chi connectivity index (χ0v) is 15.0. The molecule has 0 saturated heterocycles. The highest BCUT2D eigenvalue weighted by Gasteiger charge is 2.28. The summed E-state index contributed by atoms with van der Waals surface area (Å²) in [7, 11) is 4.11. The van der Waals surface area contributed by atoms with Crippen molar-refractivity contribution in [3.8, 4) is 0 Å². The minimum absolute atomic E-state index is 0.257. The Labute approximate surface area is 145 Å². The van der Waals surface area contributed by atoms with Gasteiger partial charge in [-0.1, -0.05) is 30.3 Å². The number of anilines is 2. The van der Waals surface area contributed by atoms with Gasteiger partial charge in [-0.25, -0.2) is 0 Å². The molecule has 2 aromatic rings. The van der Waals surface area contributed by atoms with Crippen molar-refractivity contribution >= 4 is 17.5 Å². The summed E-state index contributed by atoms with van der Waals surface area (Å²) in [6, 6.07) is 17.1. The summed E-state index contributed by atoms with van der Waals surface area (Å²) in [6.07, 6.45) is 4.32. The third-order valence-corrected chi connectivity index (χ3v) is 4.51. The molecule has 0 unspecified atom stereocenters. The lowest BCUT2D eigenvalue weighted by atomic mass is 9.96. The van der Waals surface area contributed by atoms with Crippen LogP contribution < -0.4 is 9.80 Å². The van der Waals surface area contributed by atoms with Crippen LogP contribution in [0.5, 0.6) is 0 Å². The van der Waals surface area contributed by atoms with E-state index in [-0.39, 0.29) is 5.60 Å². The summed E-state index contributed by atoms with van der Waals surface area (Å²) in [5.41, 5.74) is 4.60. The average molecular weight is 322 g/mol. The number of hydrogen-bond acceptors (Lipinski definition) is 3. The quantitative estimate of drug-likeness (QED) is 0.828. The fourth-order valence-electron chi connectivity index (χ4n) is 3.05. The van der Waals surface area contributed by atoms with Crippen LogP contribution in [0.4, 0.5) is 11.4 Å². The van der Waals surface area contributed by atoms with E-state index in [0.717, 1.165) is 6.54 Å². The highest BCUT2D eigenvalue weighted by atomic mass is 16.5. The van der Waals surface area contributed by atoms with Crippen molar-refractivity contribution < 1.29 is 4.74 Å². The molecule has 0 aliphatic carbocycles. The SMILES string of the molecule is CN(C)c1ccc(/C=C\N2CCOC(C)(C)c3ccccc32)cc1. The Morgan fingerprint density at radius 1 is 1.04 bits per heavy atom. The molecule has 0 radical (unpaired) electrons. The summed E-state index contributed by atoms with van der Waals surface area (Å²) >= 11 is 0. The first-order valence-corrected chi connectivity index (χ1v) is 8.43. The van der Waals surface area contributed by atoms with Crippen LogP contribution in [0.25, 0.3) is 6.08 Å². The molecule has 1 heterocycles. The molecule has 3 heteroatoms. The first-order chi connectivity index (χ1) is 11.5. The van der Waals surface area contributed by atoms with E-state index in [2.05, 4.69) is 98.5 Å². The maximum absolute atomic E-state index is 6.06. The van der Waals surface area contributed by atoms with Crippen LogP contribution >= 0.6 is 0 Å². The molecule has 3 rings (SSSR count). The van der Waals surface area contributed by atoms with Crippen LogP contribution in [0.15, 0.2) is 54.7 Å². The van der Waals surface area contributed by atoms with Crippen LogP contribution in [0, 0.1) is 0 Å². The lowest BCUT2D eigenvalue weighted by Crippen LogP contribution is -2.21. The van der Waals surface area contributed by atoms with Crippen LogP contribution in [-0.2, 0) is 10.3 Å². The standard InChI is InChI=1S/C21H26N2O/c1-21(2)19-7-5-6-8-20(19)23(15-16-24-21)14-13-17-9-11-18(12-10-17)22(3)4/h5-14H,15-16H2,1-4H3/b14-13-. The molecule has 1 aliphatic heterocycles. The first kappa shape index (κ1) is 16.6. The molecular weight excluding hydrogens is 296 g/mol. The van der Waals surface area contributed by atoms with E-state index >= 15 is 0 Å². The molecule has 24 heavy (non-hydrogen) atoms. The van der Waals surface area contributed by atoms with Gasteiger partial charge < -0.3 is 14.5 Å². The fourth-order valence-corrected chi connectivity index (χ4v) is 3.05. The fraction of sp³-hybridized carbons (Fsp3) is 0.333. The second-order valence-corrected chi connectivity index (χ2v) is 6.87. The Bertz CT molecular complexity index is 717. The predicted molar refractivity (Wildman–Crippen MR) is 103 cm³/mol. The summed E-state index contributed by atoms with van der Waals surface area (Å²) < 4.78 is 6.06. The minimum Gasteiger partial charge on any atom is -0.378 e. The third kappa shape index (κ3) is 3.46. The van der Waals surface area contributed by atoms with Gasteiger partial charge in [-0.15, -0.1) is 0 Å². The van der Waals surface area contributed by atoms with Crippen molar-refractivity contribution in [2.75, 3.05) is 37.0 Å². The Kier molecular flexibility index (Phi) is 4.63. The van der Waals surface area contributed by atoms with Crippen LogP contribution in [-0.4, -0.2) is 27.2 Å². The molecule has 1 aliphatic rings. The summed E-state index contributed by atoms with van der Waals surface area (Å²) in [6.45, 7) is 5.84. The summed E-state index contributed by atoms with van der Waals surface area (Å²) in [4.78, 5) is 4.39. The zero-order chi connectivity index (χ0) is 17.2. The lowest BCUT2D eigenvalue weighted by molar-refractivity contribution is -0.0128. The van der Waals surface area contributed by atoms with E-state index in [1.165, 1.54) is 22.5 Å². The average Bonchev–Trinajstić information content (AvgIpc) is 2.70. The smallest absolute Gasteiger partial charge is 0.0896 e. The highest BCUT2D eigenvalue weighted by molar-refractivity contribution is 5.63. The van der Waals surface area contributed by atoms with Gasteiger partial charge in [-0.2, -0.15) is 0 Å². The molecule has 0 N–H and O–H groups in total. The third-order valence-electron chi connectivity index (χ3n) is 4.51. The number of hydrogen-bond donors (Lipinski definition) is 0. The zero-order valence-electron chi connectivity index (χ0n) is 15.0. The first-order valence-electron chi connectivity index (χ1n) is 8.43. The van der Waals surface area contributed by atoms with Gasteiger partial charge in [0.25, 0.3) is 0 Å².